The maximum Gasteiger partial charge on any atom is 0.187 e. The summed E-state index contributed by atoms with van der Waals surface area (Å²) in [7, 11) is 0. The van der Waals surface area contributed by atoms with E-state index in [1.54, 1.807) is 0 Å². The number of pyridine rings is 1. The zero-order valence-corrected chi connectivity index (χ0v) is 13.2. The number of fused-ring (bicyclic) bond motifs is 3. The van der Waals surface area contributed by atoms with Crippen molar-refractivity contribution in [2.75, 3.05) is 0 Å². The van der Waals surface area contributed by atoms with Gasteiger partial charge >= 0.3 is 0 Å². The second-order valence-corrected chi connectivity index (χ2v) is 6.41. The van der Waals surface area contributed by atoms with Crippen molar-refractivity contribution in [3.8, 4) is 22.4 Å². The lowest BCUT2D eigenvalue weighted by Gasteiger charge is -2.24. The summed E-state index contributed by atoms with van der Waals surface area (Å²) in [5.41, 5.74) is 7.74. The minimum Gasteiger partial charge on any atom is -0.256 e. The monoisotopic (exact) mass is 296 g/mol. The largest absolute Gasteiger partial charge is 0.256 e. The molecule has 2 heteroatoms. The molecule has 0 unspecified atom stereocenters. The molecule has 0 radical (unpaired) electrons. The van der Waals surface area contributed by atoms with Gasteiger partial charge in [-0.1, -0.05) is 50.2 Å². The van der Waals surface area contributed by atoms with Gasteiger partial charge < -0.3 is 0 Å². The number of benzene rings is 2. The van der Waals surface area contributed by atoms with Gasteiger partial charge in [-0.15, -0.1) is 0 Å². The zero-order valence-electron chi connectivity index (χ0n) is 13.2. The molecule has 1 aromatic heterocycles. The van der Waals surface area contributed by atoms with Crippen LogP contribution in [0.15, 0.2) is 60.8 Å². The van der Waals surface area contributed by atoms with Crippen molar-refractivity contribution in [2.45, 2.75) is 19.3 Å². The van der Waals surface area contributed by atoms with Gasteiger partial charge in [0.15, 0.2) is 5.69 Å². The highest BCUT2D eigenvalue weighted by Crippen LogP contribution is 2.52. The maximum atomic E-state index is 7.28. The Labute approximate surface area is 136 Å². The highest BCUT2D eigenvalue weighted by atomic mass is 14.7. The van der Waals surface area contributed by atoms with Gasteiger partial charge in [0.05, 0.1) is 12.3 Å². The predicted octanol–water partition coefficient (Wildman–Crippen LogP) is 5.61. The number of nitrogens with zero attached hydrogens (tertiary/aromatic N) is 2. The molecule has 0 spiro atoms. The van der Waals surface area contributed by atoms with Crippen LogP contribution >= 0.6 is 0 Å². The van der Waals surface area contributed by atoms with E-state index in [1.165, 1.54) is 27.8 Å². The van der Waals surface area contributed by atoms with Crippen LogP contribution in [0.4, 0.5) is 5.69 Å². The van der Waals surface area contributed by atoms with E-state index in [2.05, 4.69) is 54.0 Å². The standard InChI is InChI=1S/C21H16N2/c1-21(2)18-11-10-14(22-3)13-17(18)15-7-6-8-16(20(15)21)19-9-4-5-12-23-19/h4-13H,1-2H3. The van der Waals surface area contributed by atoms with Crippen LogP contribution in [-0.4, -0.2) is 4.98 Å². The quantitative estimate of drug-likeness (QED) is 0.534. The average molecular weight is 296 g/mol. The number of hydrogen-bond donors (Lipinski definition) is 0. The zero-order chi connectivity index (χ0) is 16.0. The van der Waals surface area contributed by atoms with E-state index in [-0.39, 0.29) is 5.41 Å². The summed E-state index contributed by atoms with van der Waals surface area (Å²) in [5.74, 6) is 0. The Morgan fingerprint density at radius 3 is 2.48 bits per heavy atom. The number of aromatic nitrogens is 1. The van der Waals surface area contributed by atoms with Crippen LogP contribution in [0.25, 0.3) is 27.2 Å². The number of hydrogen-bond acceptors (Lipinski definition) is 1. The lowest BCUT2D eigenvalue weighted by Crippen LogP contribution is -2.16. The predicted molar refractivity (Wildman–Crippen MR) is 93.5 cm³/mol. The van der Waals surface area contributed by atoms with E-state index in [0.717, 1.165) is 5.69 Å². The molecule has 1 aliphatic carbocycles. The Kier molecular flexibility index (Phi) is 2.86. The lowest BCUT2D eigenvalue weighted by atomic mass is 9.79. The third kappa shape index (κ3) is 1.90. The van der Waals surface area contributed by atoms with E-state index >= 15 is 0 Å². The van der Waals surface area contributed by atoms with Crippen molar-refractivity contribution in [2.24, 2.45) is 0 Å². The molecule has 1 heterocycles. The first-order valence-electron chi connectivity index (χ1n) is 7.70. The summed E-state index contributed by atoms with van der Waals surface area (Å²) in [5, 5.41) is 0. The second kappa shape index (κ2) is 4.79. The summed E-state index contributed by atoms with van der Waals surface area (Å²) >= 11 is 0. The summed E-state index contributed by atoms with van der Waals surface area (Å²) in [4.78, 5) is 8.13. The Morgan fingerprint density at radius 1 is 0.913 bits per heavy atom. The van der Waals surface area contributed by atoms with Crippen molar-refractivity contribution in [1.29, 1.82) is 0 Å². The number of rotatable bonds is 1. The van der Waals surface area contributed by atoms with E-state index in [9.17, 15) is 0 Å². The molecule has 0 aliphatic heterocycles. The molecule has 1 aliphatic rings. The topological polar surface area (TPSA) is 17.2 Å². The first-order chi connectivity index (χ1) is 11.1. The summed E-state index contributed by atoms with van der Waals surface area (Å²) in [6.45, 7) is 11.8. The molecule has 0 N–H and O–H groups in total. The molecular weight excluding hydrogens is 280 g/mol. The third-order valence-corrected chi connectivity index (χ3v) is 4.73. The molecular formula is C21H16N2. The fourth-order valence-electron chi connectivity index (χ4n) is 3.69. The Hall–Kier alpha value is -2.92. The van der Waals surface area contributed by atoms with E-state index in [1.807, 2.05) is 30.5 Å². The molecule has 0 bridgehead atoms. The van der Waals surface area contributed by atoms with Crippen LogP contribution in [0.1, 0.15) is 25.0 Å². The highest BCUT2D eigenvalue weighted by Gasteiger charge is 2.37. The molecule has 2 nitrogen and oxygen atoms in total. The van der Waals surface area contributed by atoms with Crippen molar-refractivity contribution >= 4 is 5.69 Å². The molecule has 23 heavy (non-hydrogen) atoms. The van der Waals surface area contributed by atoms with Gasteiger partial charge in [0.25, 0.3) is 0 Å². The molecule has 2 aromatic carbocycles. The summed E-state index contributed by atoms with van der Waals surface area (Å²) in [6, 6.07) is 18.4. The fourth-order valence-corrected chi connectivity index (χ4v) is 3.69. The van der Waals surface area contributed by atoms with Crippen LogP contribution < -0.4 is 0 Å². The SMILES string of the molecule is [C-]#[N+]c1ccc2c(c1)-c1cccc(-c3ccccn3)c1C2(C)C. The third-order valence-electron chi connectivity index (χ3n) is 4.73. The fraction of sp³-hybridized carbons (Fsp3) is 0.143. The summed E-state index contributed by atoms with van der Waals surface area (Å²) < 4.78 is 0. The van der Waals surface area contributed by atoms with Gasteiger partial charge in [0.2, 0.25) is 0 Å². The van der Waals surface area contributed by atoms with Gasteiger partial charge in [0.1, 0.15) is 0 Å². The van der Waals surface area contributed by atoms with Gasteiger partial charge in [-0.2, -0.15) is 0 Å². The van der Waals surface area contributed by atoms with E-state index in [0.29, 0.717) is 5.69 Å². The summed E-state index contributed by atoms with van der Waals surface area (Å²) in [6.07, 6.45) is 1.83. The normalized spacial score (nSPS) is 14.0. The average Bonchev–Trinajstić information content (AvgIpc) is 2.83. The first-order valence-corrected chi connectivity index (χ1v) is 7.70. The molecule has 0 saturated heterocycles. The van der Waals surface area contributed by atoms with Crippen LogP contribution in [0.5, 0.6) is 0 Å². The van der Waals surface area contributed by atoms with Crippen molar-refractivity contribution < 1.29 is 0 Å². The molecule has 4 rings (SSSR count). The van der Waals surface area contributed by atoms with Gasteiger partial charge in [-0.25, -0.2) is 4.85 Å². The maximum absolute atomic E-state index is 7.28. The molecule has 0 amide bonds. The lowest BCUT2D eigenvalue weighted by molar-refractivity contribution is 0.662. The Bertz CT molecular complexity index is 947. The van der Waals surface area contributed by atoms with Crippen molar-refractivity contribution in [3.05, 3.63) is 83.3 Å². The van der Waals surface area contributed by atoms with Crippen molar-refractivity contribution in [1.82, 2.24) is 4.98 Å². The van der Waals surface area contributed by atoms with E-state index < -0.39 is 0 Å². The molecule has 0 atom stereocenters. The Balaban J connectivity index is 2.05. The first kappa shape index (κ1) is 13.7. The van der Waals surface area contributed by atoms with Crippen LogP contribution in [0.2, 0.25) is 0 Å². The smallest absolute Gasteiger partial charge is 0.187 e. The molecule has 0 saturated carbocycles. The second-order valence-electron chi connectivity index (χ2n) is 6.41. The van der Waals surface area contributed by atoms with Crippen LogP contribution in [-0.2, 0) is 5.41 Å². The van der Waals surface area contributed by atoms with Gasteiger partial charge in [-0.3, -0.25) is 4.98 Å². The molecule has 110 valence electrons. The molecule has 0 fully saturated rings. The highest BCUT2D eigenvalue weighted by molar-refractivity contribution is 5.88. The molecule has 3 aromatic rings. The van der Waals surface area contributed by atoms with Gasteiger partial charge in [-0.05, 0) is 40.5 Å². The van der Waals surface area contributed by atoms with Crippen LogP contribution in [0, 0.1) is 6.57 Å². The Morgan fingerprint density at radius 2 is 1.74 bits per heavy atom. The van der Waals surface area contributed by atoms with Crippen molar-refractivity contribution in [3.63, 3.8) is 0 Å². The minimum atomic E-state index is -0.0979. The van der Waals surface area contributed by atoms with Gasteiger partial charge in [0, 0.05) is 17.2 Å². The van der Waals surface area contributed by atoms with Crippen LogP contribution in [0.3, 0.4) is 0 Å². The minimum absolute atomic E-state index is 0.0979. The van der Waals surface area contributed by atoms with E-state index in [4.69, 9.17) is 6.57 Å².